The summed E-state index contributed by atoms with van der Waals surface area (Å²) in [5, 5.41) is 11.3. The number of amides is 1. The molecule has 3 aromatic carbocycles. The van der Waals surface area contributed by atoms with Crippen LogP contribution in [0.5, 0.6) is 5.75 Å². The smallest absolute Gasteiger partial charge is 0.337 e. The Labute approximate surface area is 222 Å². The van der Waals surface area contributed by atoms with Crippen LogP contribution in [-0.2, 0) is 19.7 Å². The summed E-state index contributed by atoms with van der Waals surface area (Å²) in [4.78, 5) is 40.1. The topological polar surface area (TPSA) is 93.1 Å². The van der Waals surface area contributed by atoms with E-state index in [9.17, 15) is 19.5 Å². The van der Waals surface area contributed by atoms with Crippen molar-refractivity contribution in [3.8, 4) is 5.75 Å². The average molecular weight is 514 g/mol. The van der Waals surface area contributed by atoms with Crippen LogP contribution in [0, 0.1) is 0 Å². The van der Waals surface area contributed by atoms with E-state index in [1.54, 1.807) is 36.4 Å². The molecular weight excluding hydrogens is 482 g/mol. The van der Waals surface area contributed by atoms with Gasteiger partial charge in [0.1, 0.15) is 11.5 Å². The predicted molar refractivity (Wildman–Crippen MR) is 145 cm³/mol. The molecule has 38 heavy (non-hydrogen) atoms. The molecule has 1 amide bonds. The van der Waals surface area contributed by atoms with E-state index in [2.05, 4.69) is 20.8 Å². The van der Waals surface area contributed by atoms with Gasteiger partial charge in [-0.25, -0.2) is 4.79 Å². The van der Waals surface area contributed by atoms with E-state index in [4.69, 9.17) is 9.47 Å². The van der Waals surface area contributed by atoms with Gasteiger partial charge in [0.15, 0.2) is 0 Å². The summed E-state index contributed by atoms with van der Waals surface area (Å²) in [6, 6.07) is 19.8. The van der Waals surface area contributed by atoms with E-state index in [0.29, 0.717) is 34.7 Å². The van der Waals surface area contributed by atoms with Gasteiger partial charge in [-0.15, -0.1) is 0 Å². The lowest BCUT2D eigenvalue weighted by Gasteiger charge is -2.26. The average Bonchev–Trinajstić information content (AvgIpc) is 3.18. The predicted octanol–water partition coefficient (Wildman–Crippen LogP) is 5.80. The monoisotopic (exact) mass is 513 g/mol. The molecule has 1 heterocycles. The van der Waals surface area contributed by atoms with Crippen LogP contribution in [0.15, 0.2) is 78.4 Å². The summed E-state index contributed by atoms with van der Waals surface area (Å²) < 4.78 is 10.2. The highest BCUT2D eigenvalue weighted by atomic mass is 16.5. The molecule has 1 unspecified atom stereocenters. The Bertz CT molecular complexity index is 1380. The normalized spacial score (nSPS) is 17.0. The number of rotatable bonds is 6. The number of benzene rings is 3. The SMILES string of the molecule is CCOc1ccc(/C(O)=C2\C(=O)C(=O)N(c3ccc(C(=O)OC)cc3)C2c2ccc(C(C)(C)C)cc2)cc1. The number of ether oxygens (including phenoxy) is 2. The summed E-state index contributed by atoms with van der Waals surface area (Å²) in [7, 11) is 1.29. The second-order valence-electron chi connectivity index (χ2n) is 10.0. The summed E-state index contributed by atoms with van der Waals surface area (Å²) in [6.07, 6.45) is 0. The molecule has 7 nitrogen and oxygen atoms in total. The number of methoxy groups -OCH3 is 1. The van der Waals surface area contributed by atoms with Crippen LogP contribution < -0.4 is 9.64 Å². The number of hydrogen-bond acceptors (Lipinski definition) is 6. The van der Waals surface area contributed by atoms with Crippen molar-refractivity contribution in [1.29, 1.82) is 0 Å². The summed E-state index contributed by atoms with van der Waals surface area (Å²) in [5.41, 5.74) is 2.77. The highest BCUT2D eigenvalue weighted by Gasteiger charge is 2.47. The van der Waals surface area contributed by atoms with E-state index >= 15 is 0 Å². The molecule has 0 aromatic heterocycles. The molecule has 0 radical (unpaired) electrons. The van der Waals surface area contributed by atoms with E-state index in [1.165, 1.54) is 24.1 Å². The van der Waals surface area contributed by atoms with Gasteiger partial charge in [-0.2, -0.15) is 0 Å². The van der Waals surface area contributed by atoms with Gasteiger partial charge in [-0.1, -0.05) is 45.0 Å². The van der Waals surface area contributed by atoms with Crippen molar-refractivity contribution in [1.82, 2.24) is 0 Å². The largest absolute Gasteiger partial charge is 0.507 e. The standard InChI is InChI=1S/C31H31NO6/c1-6-38-24-17-11-20(12-18-24)27(33)25-26(19-7-13-22(14-8-19)31(2,3)4)32(29(35)28(25)34)23-15-9-21(10-16-23)30(36)37-5/h7-18,26,33H,6H2,1-5H3/b27-25+. The number of ketones is 1. The van der Waals surface area contributed by atoms with Crippen molar-refractivity contribution >= 4 is 29.1 Å². The van der Waals surface area contributed by atoms with Crippen LogP contribution in [0.25, 0.3) is 5.76 Å². The first-order valence-corrected chi connectivity index (χ1v) is 12.4. The minimum Gasteiger partial charge on any atom is -0.507 e. The third-order valence-corrected chi connectivity index (χ3v) is 6.54. The first-order valence-electron chi connectivity index (χ1n) is 12.4. The first kappa shape index (κ1) is 26.7. The summed E-state index contributed by atoms with van der Waals surface area (Å²) >= 11 is 0. The molecule has 1 saturated heterocycles. The number of carbonyl (C=O) groups is 3. The highest BCUT2D eigenvalue weighted by molar-refractivity contribution is 6.51. The highest BCUT2D eigenvalue weighted by Crippen LogP contribution is 2.42. The van der Waals surface area contributed by atoms with Gasteiger partial charge in [-0.3, -0.25) is 14.5 Å². The Kier molecular flexibility index (Phi) is 7.39. The van der Waals surface area contributed by atoms with Crippen molar-refractivity contribution < 1.29 is 29.0 Å². The summed E-state index contributed by atoms with van der Waals surface area (Å²) in [6.45, 7) is 8.67. The van der Waals surface area contributed by atoms with E-state index in [0.717, 1.165) is 5.56 Å². The lowest BCUT2D eigenvalue weighted by Crippen LogP contribution is -2.29. The van der Waals surface area contributed by atoms with Crippen LogP contribution in [-0.4, -0.2) is 36.5 Å². The van der Waals surface area contributed by atoms with Crippen LogP contribution in [0.2, 0.25) is 0 Å². The van der Waals surface area contributed by atoms with Crippen molar-refractivity contribution in [2.45, 2.75) is 39.2 Å². The lowest BCUT2D eigenvalue weighted by molar-refractivity contribution is -0.132. The van der Waals surface area contributed by atoms with Gasteiger partial charge in [0.2, 0.25) is 0 Å². The Morgan fingerprint density at radius 3 is 2.00 bits per heavy atom. The van der Waals surface area contributed by atoms with Crippen molar-refractivity contribution in [2.75, 3.05) is 18.6 Å². The number of nitrogens with zero attached hydrogens (tertiary/aromatic N) is 1. The van der Waals surface area contributed by atoms with Gasteiger partial charge < -0.3 is 14.6 Å². The lowest BCUT2D eigenvalue weighted by atomic mass is 9.85. The molecule has 1 fully saturated rings. The van der Waals surface area contributed by atoms with Gasteiger partial charge in [0, 0.05) is 11.3 Å². The number of hydrogen-bond donors (Lipinski definition) is 1. The number of Topliss-reactive ketones (excluding diaryl/α,β-unsaturated/α-hetero) is 1. The maximum absolute atomic E-state index is 13.4. The van der Waals surface area contributed by atoms with Crippen molar-refractivity contribution in [3.05, 3.63) is 101 Å². The van der Waals surface area contributed by atoms with E-state index in [1.807, 2.05) is 31.2 Å². The fourth-order valence-corrected chi connectivity index (χ4v) is 4.49. The Morgan fingerprint density at radius 1 is 0.895 bits per heavy atom. The maximum Gasteiger partial charge on any atom is 0.337 e. The van der Waals surface area contributed by atoms with Gasteiger partial charge >= 0.3 is 5.97 Å². The second-order valence-corrected chi connectivity index (χ2v) is 10.0. The summed E-state index contributed by atoms with van der Waals surface area (Å²) in [5.74, 6) is -1.72. The van der Waals surface area contributed by atoms with Gasteiger partial charge in [0.25, 0.3) is 11.7 Å². The molecule has 0 saturated carbocycles. The Morgan fingerprint density at radius 2 is 1.47 bits per heavy atom. The van der Waals surface area contributed by atoms with Crippen molar-refractivity contribution in [3.63, 3.8) is 0 Å². The molecule has 4 rings (SSSR count). The molecule has 0 bridgehead atoms. The Balaban J connectivity index is 1.86. The first-order chi connectivity index (χ1) is 18.1. The number of aliphatic hydroxyl groups is 1. The van der Waals surface area contributed by atoms with Crippen molar-refractivity contribution in [2.24, 2.45) is 0 Å². The third-order valence-electron chi connectivity index (χ3n) is 6.54. The molecule has 196 valence electrons. The zero-order chi connectivity index (χ0) is 27.6. The molecule has 7 heteroatoms. The fourth-order valence-electron chi connectivity index (χ4n) is 4.49. The number of esters is 1. The zero-order valence-corrected chi connectivity index (χ0v) is 22.1. The fraction of sp³-hybridized carbons (Fsp3) is 0.258. The molecular formula is C31H31NO6. The molecule has 0 aliphatic carbocycles. The quantitative estimate of drug-likeness (QED) is 0.194. The van der Waals surface area contributed by atoms with Gasteiger partial charge in [0.05, 0.1) is 30.9 Å². The molecule has 1 N–H and O–H groups in total. The second kappa shape index (κ2) is 10.5. The minimum absolute atomic E-state index is 0.0142. The molecule has 1 atom stereocenters. The molecule has 3 aromatic rings. The molecule has 0 spiro atoms. The number of aliphatic hydroxyl groups excluding tert-OH is 1. The Hall–Kier alpha value is -4.39. The van der Waals surface area contributed by atoms with Crippen LogP contribution in [0.3, 0.4) is 0 Å². The number of carbonyl (C=O) groups excluding carboxylic acids is 3. The van der Waals surface area contributed by atoms with Crippen LogP contribution in [0.1, 0.15) is 60.8 Å². The van der Waals surface area contributed by atoms with Crippen LogP contribution >= 0.6 is 0 Å². The molecule has 1 aliphatic heterocycles. The van der Waals surface area contributed by atoms with E-state index < -0.39 is 23.7 Å². The maximum atomic E-state index is 13.4. The van der Waals surface area contributed by atoms with Gasteiger partial charge in [-0.05, 0) is 72.0 Å². The van der Waals surface area contributed by atoms with E-state index in [-0.39, 0.29) is 16.7 Å². The minimum atomic E-state index is -0.875. The number of anilines is 1. The third kappa shape index (κ3) is 5.05. The zero-order valence-electron chi connectivity index (χ0n) is 22.1. The molecule has 1 aliphatic rings. The van der Waals surface area contributed by atoms with Crippen LogP contribution in [0.4, 0.5) is 5.69 Å².